The van der Waals surface area contributed by atoms with Gasteiger partial charge in [-0.2, -0.15) is 0 Å². The minimum absolute atomic E-state index is 0.210. The number of rotatable bonds is 5. The molecule has 3 N–H and O–H groups in total. The highest BCUT2D eigenvalue weighted by Gasteiger charge is 2.14. The normalized spacial score (nSPS) is 22.6. The number of nitrogens with two attached hydrogens (primary N) is 1. The maximum Gasteiger partial charge on any atom is 0.218 e. The van der Waals surface area contributed by atoms with Crippen LogP contribution < -0.4 is 11.1 Å². The van der Waals surface area contributed by atoms with Crippen molar-refractivity contribution in [2.75, 3.05) is 33.2 Å². The van der Waals surface area contributed by atoms with Gasteiger partial charge in [-0.1, -0.05) is 0 Å². The van der Waals surface area contributed by atoms with Gasteiger partial charge in [0.15, 0.2) is 0 Å². The summed E-state index contributed by atoms with van der Waals surface area (Å²) in [6, 6.07) is 0. The number of primary amides is 1. The zero-order valence-corrected chi connectivity index (χ0v) is 8.96. The molecule has 1 amide bonds. The van der Waals surface area contributed by atoms with Crippen molar-refractivity contribution < 1.29 is 4.79 Å². The first-order chi connectivity index (χ1) is 6.68. The Kier molecular flexibility index (Phi) is 4.90. The zero-order chi connectivity index (χ0) is 10.4. The molecule has 0 aromatic carbocycles. The van der Waals surface area contributed by atoms with Gasteiger partial charge in [0.05, 0.1) is 0 Å². The molecule has 1 aliphatic rings. The fraction of sp³-hybridized carbons (Fsp3) is 0.900. The number of hydrogen-bond acceptors (Lipinski definition) is 3. The lowest BCUT2D eigenvalue weighted by atomic mass is 9.99. The number of carbonyl (C=O) groups is 1. The molecule has 4 nitrogen and oxygen atoms in total. The third-order valence-corrected chi connectivity index (χ3v) is 2.71. The van der Waals surface area contributed by atoms with E-state index in [-0.39, 0.29) is 5.91 Å². The minimum Gasteiger partial charge on any atom is -0.370 e. The Labute approximate surface area is 85.8 Å². The van der Waals surface area contributed by atoms with E-state index in [9.17, 15) is 4.79 Å². The van der Waals surface area contributed by atoms with Crippen molar-refractivity contribution in [2.45, 2.75) is 19.3 Å². The summed E-state index contributed by atoms with van der Waals surface area (Å²) in [5.74, 6) is 0.528. The SMILES string of the molecule is CN(CCC(N)=O)CC1CCCNC1. The number of nitrogens with one attached hydrogen (secondary N) is 1. The van der Waals surface area contributed by atoms with E-state index in [1.165, 1.54) is 12.8 Å². The molecule has 0 aliphatic carbocycles. The summed E-state index contributed by atoms with van der Waals surface area (Å²) in [5.41, 5.74) is 5.10. The lowest BCUT2D eigenvalue weighted by Crippen LogP contribution is -2.37. The predicted molar refractivity (Wildman–Crippen MR) is 56.9 cm³/mol. The maximum absolute atomic E-state index is 10.6. The summed E-state index contributed by atoms with van der Waals surface area (Å²) in [7, 11) is 2.05. The maximum atomic E-state index is 10.6. The van der Waals surface area contributed by atoms with Crippen LogP contribution in [0.5, 0.6) is 0 Å². The molecule has 0 radical (unpaired) electrons. The molecule has 0 aromatic rings. The van der Waals surface area contributed by atoms with Gasteiger partial charge in [-0.15, -0.1) is 0 Å². The van der Waals surface area contributed by atoms with E-state index in [2.05, 4.69) is 17.3 Å². The van der Waals surface area contributed by atoms with Gasteiger partial charge in [0, 0.05) is 19.5 Å². The first-order valence-electron chi connectivity index (χ1n) is 5.36. The molecular formula is C10H21N3O. The van der Waals surface area contributed by atoms with Crippen molar-refractivity contribution in [3.63, 3.8) is 0 Å². The molecule has 1 aliphatic heterocycles. The molecule has 1 fully saturated rings. The number of hydrogen-bond donors (Lipinski definition) is 2. The lowest BCUT2D eigenvalue weighted by Gasteiger charge is -2.27. The molecule has 1 saturated heterocycles. The minimum atomic E-state index is -0.210. The van der Waals surface area contributed by atoms with Crippen molar-refractivity contribution in [3.8, 4) is 0 Å². The van der Waals surface area contributed by atoms with Crippen LogP contribution in [0.4, 0.5) is 0 Å². The fourth-order valence-electron chi connectivity index (χ4n) is 1.91. The van der Waals surface area contributed by atoms with Crippen LogP contribution in [0.15, 0.2) is 0 Å². The smallest absolute Gasteiger partial charge is 0.218 e. The summed E-state index contributed by atoms with van der Waals surface area (Å²) in [5, 5.41) is 3.39. The molecule has 0 bridgehead atoms. The van der Waals surface area contributed by atoms with Gasteiger partial charge >= 0.3 is 0 Å². The van der Waals surface area contributed by atoms with Crippen LogP contribution in [-0.2, 0) is 4.79 Å². The summed E-state index contributed by atoms with van der Waals surface area (Å²) in [6.07, 6.45) is 3.04. The van der Waals surface area contributed by atoms with E-state index >= 15 is 0 Å². The highest BCUT2D eigenvalue weighted by Crippen LogP contribution is 2.10. The van der Waals surface area contributed by atoms with Crippen LogP contribution >= 0.6 is 0 Å². The van der Waals surface area contributed by atoms with Gasteiger partial charge < -0.3 is 16.0 Å². The van der Waals surface area contributed by atoms with Gasteiger partial charge in [0.2, 0.25) is 5.91 Å². The van der Waals surface area contributed by atoms with Crippen molar-refractivity contribution in [3.05, 3.63) is 0 Å². The van der Waals surface area contributed by atoms with Crippen molar-refractivity contribution >= 4 is 5.91 Å². The molecule has 14 heavy (non-hydrogen) atoms. The monoisotopic (exact) mass is 199 g/mol. The molecule has 1 rings (SSSR count). The molecule has 0 saturated carbocycles. The van der Waals surface area contributed by atoms with Gasteiger partial charge in [-0.25, -0.2) is 0 Å². The highest BCUT2D eigenvalue weighted by molar-refractivity contribution is 5.73. The van der Waals surface area contributed by atoms with Crippen molar-refractivity contribution in [1.82, 2.24) is 10.2 Å². The van der Waals surface area contributed by atoms with Crippen LogP contribution in [0.3, 0.4) is 0 Å². The van der Waals surface area contributed by atoms with E-state index in [4.69, 9.17) is 5.73 Å². The lowest BCUT2D eigenvalue weighted by molar-refractivity contribution is -0.118. The van der Waals surface area contributed by atoms with E-state index in [0.29, 0.717) is 6.42 Å². The van der Waals surface area contributed by atoms with Gasteiger partial charge in [-0.3, -0.25) is 4.79 Å². The summed E-state index contributed by atoms with van der Waals surface area (Å²) in [4.78, 5) is 12.8. The Morgan fingerprint density at radius 3 is 3.00 bits per heavy atom. The highest BCUT2D eigenvalue weighted by atomic mass is 16.1. The second kappa shape index (κ2) is 5.98. The second-order valence-corrected chi connectivity index (χ2v) is 4.19. The average molecular weight is 199 g/mol. The van der Waals surface area contributed by atoms with E-state index in [1.807, 2.05) is 0 Å². The molecule has 0 aromatic heterocycles. The van der Waals surface area contributed by atoms with Crippen LogP contribution in [0.1, 0.15) is 19.3 Å². The summed E-state index contributed by atoms with van der Waals surface area (Å²) >= 11 is 0. The Morgan fingerprint density at radius 1 is 1.64 bits per heavy atom. The second-order valence-electron chi connectivity index (χ2n) is 4.19. The average Bonchev–Trinajstić information content (AvgIpc) is 2.16. The third kappa shape index (κ3) is 4.58. The standard InChI is InChI=1S/C10H21N3O/c1-13(6-4-10(11)14)8-9-3-2-5-12-7-9/h9,12H,2-8H2,1H3,(H2,11,14). The Hall–Kier alpha value is -0.610. The molecule has 0 spiro atoms. The van der Waals surface area contributed by atoms with Crippen LogP contribution in [0.2, 0.25) is 0 Å². The van der Waals surface area contributed by atoms with Crippen molar-refractivity contribution in [2.24, 2.45) is 11.7 Å². The predicted octanol–water partition coefficient (Wildman–Crippen LogP) is -0.207. The molecule has 1 heterocycles. The molecule has 1 unspecified atom stereocenters. The first kappa shape index (κ1) is 11.5. The van der Waals surface area contributed by atoms with Gasteiger partial charge in [-0.05, 0) is 38.9 Å². The van der Waals surface area contributed by atoms with Crippen molar-refractivity contribution in [1.29, 1.82) is 0 Å². The number of nitrogens with zero attached hydrogens (tertiary/aromatic N) is 1. The summed E-state index contributed by atoms with van der Waals surface area (Å²) in [6.45, 7) is 4.12. The topological polar surface area (TPSA) is 58.4 Å². The third-order valence-electron chi connectivity index (χ3n) is 2.71. The zero-order valence-electron chi connectivity index (χ0n) is 8.96. The number of amides is 1. The van der Waals surface area contributed by atoms with E-state index in [0.717, 1.165) is 32.1 Å². The Bertz CT molecular complexity index is 178. The van der Waals surface area contributed by atoms with Gasteiger partial charge in [0.1, 0.15) is 0 Å². The van der Waals surface area contributed by atoms with E-state index in [1.54, 1.807) is 0 Å². The quantitative estimate of drug-likeness (QED) is 0.644. The first-order valence-corrected chi connectivity index (χ1v) is 5.36. The fourth-order valence-corrected chi connectivity index (χ4v) is 1.91. The molecule has 1 atom stereocenters. The molecule has 82 valence electrons. The van der Waals surface area contributed by atoms with Gasteiger partial charge in [0.25, 0.3) is 0 Å². The summed E-state index contributed by atoms with van der Waals surface area (Å²) < 4.78 is 0. The van der Waals surface area contributed by atoms with Crippen LogP contribution in [0, 0.1) is 5.92 Å². The van der Waals surface area contributed by atoms with Crippen LogP contribution in [0.25, 0.3) is 0 Å². The van der Waals surface area contributed by atoms with Crippen LogP contribution in [-0.4, -0.2) is 44.0 Å². The molecular weight excluding hydrogens is 178 g/mol. The number of piperidine rings is 1. The largest absolute Gasteiger partial charge is 0.370 e. The Morgan fingerprint density at radius 2 is 2.43 bits per heavy atom. The number of carbonyl (C=O) groups excluding carboxylic acids is 1. The molecule has 4 heteroatoms. The van der Waals surface area contributed by atoms with E-state index < -0.39 is 0 Å². The Balaban J connectivity index is 2.11.